The van der Waals surface area contributed by atoms with E-state index >= 15 is 0 Å². The van der Waals surface area contributed by atoms with Gasteiger partial charge in [0.25, 0.3) is 5.91 Å². The lowest BCUT2D eigenvalue weighted by Gasteiger charge is -2.15. The van der Waals surface area contributed by atoms with Gasteiger partial charge >= 0.3 is 0 Å². The molecule has 0 saturated carbocycles. The van der Waals surface area contributed by atoms with E-state index < -0.39 is 5.91 Å². The van der Waals surface area contributed by atoms with Crippen LogP contribution in [-0.4, -0.2) is 23.7 Å². The monoisotopic (exact) mass is 276 g/mol. The summed E-state index contributed by atoms with van der Waals surface area (Å²) in [5, 5.41) is 12.0. The number of aliphatic hydroxyl groups excluding tert-OH is 1. The average molecular weight is 277 g/mol. The van der Waals surface area contributed by atoms with E-state index in [4.69, 9.17) is 34.0 Å². The normalized spacial score (nSPS) is 12.2. The second-order valence-corrected chi connectivity index (χ2v) is 4.41. The van der Waals surface area contributed by atoms with E-state index in [1.54, 1.807) is 0 Å². The van der Waals surface area contributed by atoms with Crippen LogP contribution in [0.25, 0.3) is 0 Å². The van der Waals surface area contributed by atoms with Crippen LogP contribution in [0.4, 0.5) is 5.69 Å². The fourth-order valence-corrected chi connectivity index (χ4v) is 1.74. The fraction of sp³-hybridized carbons (Fsp3) is 0.364. The number of anilines is 1. The van der Waals surface area contributed by atoms with Crippen molar-refractivity contribution in [3.63, 3.8) is 0 Å². The molecule has 0 aliphatic rings. The minimum absolute atomic E-state index is 0.129. The number of aliphatic hydroxyl groups is 1. The van der Waals surface area contributed by atoms with E-state index in [9.17, 15) is 4.79 Å². The van der Waals surface area contributed by atoms with Crippen molar-refractivity contribution in [1.82, 2.24) is 5.32 Å². The van der Waals surface area contributed by atoms with Gasteiger partial charge in [0.05, 0.1) is 28.3 Å². The lowest BCUT2D eigenvalue weighted by Crippen LogP contribution is -2.37. The molecule has 1 atom stereocenters. The molecule has 17 heavy (non-hydrogen) atoms. The van der Waals surface area contributed by atoms with E-state index in [-0.39, 0.29) is 28.3 Å². The van der Waals surface area contributed by atoms with Crippen LogP contribution >= 0.6 is 23.2 Å². The zero-order valence-electron chi connectivity index (χ0n) is 9.34. The van der Waals surface area contributed by atoms with Gasteiger partial charge in [0.15, 0.2) is 0 Å². The van der Waals surface area contributed by atoms with Crippen LogP contribution in [0.1, 0.15) is 23.7 Å². The van der Waals surface area contributed by atoms with Crippen molar-refractivity contribution in [3.05, 3.63) is 27.7 Å². The smallest absolute Gasteiger partial charge is 0.253 e. The molecule has 0 heterocycles. The first-order valence-corrected chi connectivity index (χ1v) is 5.91. The van der Waals surface area contributed by atoms with Crippen LogP contribution in [0.2, 0.25) is 10.0 Å². The van der Waals surface area contributed by atoms with Crippen molar-refractivity contribution in [2.24, 2.45) is 0 Å². The topological polar surface area (TPSA) is 75.3 Å². The van der Waals surface area contributed by atoms with Crippen molar-refractivity contribution in [2.45, 2.75) is 19.4 Å². The van der Waals surface area contributed by atoms with Crippen molar-refractivity contribution < 1.29 is 9.90 Å². The highest BCUT2D eigenvalue weighted by molar-refractivity contribution is 6.44. The van der Waals surface area contributed by atoms with Gasteiger partial charge < -0.3 is 16.2 Å². The van der Waals surface area contributed by atoms with Gasteiger partial charge in [-0.25, -0.2) is 0 Å². The highest BCUT2D eigenvalue weighted by Crippen LogP contribution is 2.28. The Morgan fingerprint density at radius 1 is 1.53 bits per heavy atom. The van der Waals surface area contributed by atoms with Crippen molar-refractivity contribution in [1.29, 1.82) is 0 Å². The van der Waals surface area contributed by atoms with Gasteiger partial charge in [0, 0.05) is 5.69 Å². The Labute approximate surface area is 110 Å². The molecule has 6 heteroatoms. The number of benzene rings is 1. The maximum absolute atomic E-state index is 11.9. The molecule has 0 bridgehead atoms. The summed E-state index contributed by atoms with van der Waals surface area (Å²) in [6, 6.07) is 2.62. The third-order valence-electron chi connectivity index (χ3n) is 2.34. The number of hydrogen-bond acceptors (Lipinski definition) is 3. The first kappa shape index (κ1) is 14.1. The van der Waals surface area contributed by atoms with Crippen LogP contribution < -0.4 is 11.1 Å². The molecule has 1 aromatic rings. The number of nitrogens with one attached hydrogen (secondary N) is 1. The first-order valence-electron chi connectivity index (χ1n) is 5.15. The largest absolute Gasteiger partial charge is 0.399 e. The molecule has 94 valence electrons. The summed E-state index contributed by atoms with van der Waals surface area (Å²) in [6.45, 7) is 1.73. The minimum atomic E-state index is -0.398. The van der Waals surface area contributed by atoms with E-state index in [1.807, 2.05) is 6.92 Å². The molecule has 0 fully saturated rings. The molecule has 0 radical (unpaired) electrons. The Morgan fingerprint density at radius 3 is 2.71 bits per heavy atom. The number of halogens is 2. The molecular weight excluding hydrogens is 263 g/mol. The van der Waals surface area contributed by atoms with E-state index in [2.05, 4.69) is 5.32 Å². The molecule has 1 aromatic carbocycles. The second kappa shape index (κ2) is 6.10. The van der Waals surface area contributed by atoms with Crippen molar-refractivity contribution in [2.75, 3.05) is 12.3 Å². The number of rotatable bonds is 4. The number of nitrogens with two attached hydrogens (primary N) is 1. The Hall–Kier alpha value is -0.970. The SMILES string of the molecule is CCC(CO)NC(=O)c1cc(N)cc(Cl)c1Cl. The van der Waals surface area contributed by atoms with Crippen molar-refractivity contribution >= 4 is 34.8 Å². The molecule has 1 rings (SSSR count). The van der Waals surface area contributed by atoms with Gasteiger partial charge in [-0.1, -0.05) is 30.1 Å². The van der Waals surface area contributed by atoms with E-state index in [0.29, 0.717) is 12.1 Å². The molecule has 0 spiro atoms. The molecular formula is C11H14Cl2N2O2. The molecule has 1 amide bonds. The molecule has 0 aliphatic heterocycles. The average Bonchev–Trinajstić information content (AvgIpc) is 2.30. The Morgan fingerprint density at radius 2 is 2.18 bits per heavy atom. The van der Waals surface area contributed by atoms with Gasteiger partial charge in [-0.05, 0) is 18.6 Å². The highest BCUT2D eigenvalue weighted by Gasteiger charge is 2.16. The summed E-state index contributed by atoms with van der Waals surface area (Å²) in [4.78, 5) is 11.9. The quantitative estimate of drug-likeness (QED) is 0.737. The molecule has 4 N–H and O–H groups in total. The summed E-state index contributed by atoms with van der Waals surface area (Å²) in [6.07, 6.45) is 0.621. The van der Waals surface area contributed by atoms with Gasteiger partial charge in [0.1, 0.15) is 0 Å². The molecule has 1 unspecified atom stereocenters. The lowest BCUT2D eigenvalue weighted by molar-refractivity contribution is 0.0915. The maximum atomic E-state index is 11.9. The highest BCUT2D eigenvalue weighted by atomic mass is 35.5. The number of hydrogen-bond donors (Lipinski definition) is 3. The standard InChI is InChI=1S/C11H14Cl2N2O2/c1-2-7(5-16)15-11(17)8-3-6(14)4-9(12)10(8)13/h3-4,7,16H,2,5,14H2,1H3,(H,15,17). The summed E-state index contributed by atoms with van der Waals surface area (Å²) in [5.74, 6) is -0.398. The summed E-state index contributed by atoms with van der Waals surface area (Å²) in [5.41, 5.74) is 6.16. The first-order chi connectivity index (χ1) is 7.99. The van der Waals surface area contributed by atoms with Crippen LogP contribution in [0.5, 0.6) is 0 Å². The summed E-state index contributed by atoms with van der Waals surface area (Å²) >= 11 is 11.7. The molecule has 0 aliphatic carbocycles. The van der Waals surface area contributed by atoms with Gasteiger partial charge in [-0.2, -0.15) is 0 Å². The predicted octanol–water partition coefficient (Wildman–Crippen LogP) is 2.08. The number of amides is 1. The third-order valence-corrected chi connectivity index (χ3v) is 3.15. The number of carbonyl (C=O) groups excluding carboxylic acids is 1. The van der Waals surface area contributed by atoms with Crippen LogP contribution in [0.15, 0.2) is 12.1 Å². The van der Waals surface area contributed by atoms with Crippen molar-refractivity contribution in [3.8, 4) is 0 Å². The van der Waals surface area contributed by atoms with E-state index in [0.717, 1.165) is 0 Å². The van der Waals surface area contributed by atoms with Gasteiger partial charge in [-0.15, -0.1) is 0 Å². The molecule has 4 nitrogen and oxygen atoms in total. The number of nitrogen functional groups attached to an aromatic ring is 1. The van der Waals surface area contributed by atoms with Crippen LogP contribution in [-0.2, 0) is 0 Å². The maximum Gasteiger partial charge on any atom is 0.253 e. The third kappa shape index (κ3) is 3.49. The molecule has 0 aromatic heterocycles. The molecule has 0 saturated heterocycles. The lowest BCUT2D eigenvalue weighted by atomic mass is 10.1. The van der Waals surface area contributed by atoms with Crippen LogP contribution in [0, 0.1) is 0 Å². The predicted molar refractivity (Wildman–Crippen MR) is 69.5 cm³/mol. The van der Waals surface area contributed by atoms with Gasteiger partial charge in [-0.3, -0.25) is 4.79 Å². The second-order valence-electron chi connectivity index (χ2n) is 3.63. The summed E-state index contributed by atoms with van der Waals surface area (Å²) in [7, 11) is 0. The zero-order valence-corrected chi connectivity index (χ0v) is 10.8. The van der Waals surface area contributed by atoms with Gasteiger partial charge in [0.2, 0.25) is 0 Å². The Bertz CT molecular complexity index is 420. The van der Waals surface area contributed by atoms with Crippen LogP contribution in [0.3, 0.4) is 0 Å². The Balaban J connectivity index is 2.96. The Kier molecular flexibility index (Phi) is 5.05. The summed E-state index contributed by atoms with van der Waals surface area (Å²) < 4.78 is 0. The minimum Gasteiger partial charge on any atom is -0.399 e. The van der Waals surface area contributed by atoms with E-state index in [1.165, 1.54) is 12.1 Å². The fourth-order valence-electron chi connectivity index (χ4n) is 1.32. The number of carbonyl (C=O) groups is 1. The zero-order chi connectivity index (χ0) is 13.0.